The zero-order valence-corrected chi connectivity index (χ0v) is 8.93. The van der Waals surface area contributed by atoms with E-state index in [0.29, 0.717) is 12.3 Å². The molecule has 1 rings (SSSR count). The summed E-state index contributed by atoms with van der Waals surface area (Å²) in [6.07, 6.45) is 0. The number of nitrogens with zero attached hydrogens (tertiary/aromatic N) is 1. The van der Waals surface area contributed by atoms with Crippen LogP contribution in [0.1, 0.15) is 5.56 Å². The van der Waals surface area contributed by atoms with E-state index in [1.54, 1.807) is 7.05 Å². The Bertz CT molecular complexity index is 263. The van der Waals surface area contributed by atoms with Gasteiger partial charge in [-0.15, -0.1) is 11.8 Å². The fourth-order valence-electron chi connectivity index (χ4n) is 1.11. The molecule has 14 heavy (non-hydrogen) atoms. The Labute approximate surface area is 87.7 Å². The molecule has 1 aromatic rings. The molecule has 0 fully saturated rings. The maximum absolute atomic E-state index is 11.9. The van der Waals surface area contributed by atoms with Crippen LogP contribution in [0.5, 0.6) is 0 Å². The molecule has 4 heteroatoms. The Morgan fingerprint density at radius 1 is 1.36 bits per heavy atom. The van der Waals surface area contributed by atoms with Crippen molar-refractivity contribution in [2.45, 2.75) is 11.4 Å². The molecule has 78 valence electrons. The van der Waals surface area contributed by atoms with Crippen molar-refractivity contribution in [2.24, 2.45) is 0 Å². The fraction of sp³-hybridized carbons (Fsp3) is 0.400. The first-order chi connectivity index (χ1) is 6.72. The SMILES string of the molecule is CN(O)Cc1ccc(SCCF)cc1. The number of rotatable bonds is 5. The van der Waals surface area contributed by atoms with E-state index < -0.39 is 0 Å². The second-order valence-electron chi connectivity index (χ2n) is 3.00. The van der Waals surface area contributed by atoms with Crippen LogP contribution < -0.4 is 0 Å². The van der Waals surface area contributed by atoms with Crippen LogP contribution in [0.25, 0.3) is 0 Å². The molecule has 0 saturated heterocycles. The zero-order valence-electron chi connectivity index (χ0n) is 8.11. The average molecular weight is 215 g/mol. The van der Waals surface area contributed by atoms with E-state index in [4.69, 9.17) is 5.21 Å². The van der Waals surface area contributed by atoms with Crippen molar-refractivity contribution in [3.8, 4) is 0 Å². The summed E-state index contributed by atoms with van der Waals surface area (Å²) < 4.78 is 11.9. The van der Waals surface area contributed by atoms with E-state index in [1.165, 1.54) is 11.8 Å². The van der Waals surface area contributed by atoms with Crippen molar-refractivity contribution in [3.05, 3.63) is 29.8 Å². The molecule has 0 amide bonds. The molecule has 1 aromatic carbocycles. The number of halogens is 1. The zero-order chi connectivity index (χ0) is 10.4. The molecule has 0 bridgehead atoms. The van der Waals surface area contributed by atoms with Crippen LogP contribution >= 0.6 is 11.8 Å². The lowest BCUT2D eigenvalue weighted by Crippen LogP contribution is -2.11. The maximum atomic E-state index is 11.9. The maximum Gasteiger partial charge on any atom is 0.0988 e. The van der Waals surface area contributed by atoms with Crippen LogP contribution in [-0.4, -0.2) is 29.7 Å². The quantitative estimate of drug-likeness (QED) is 0.603. The third-order valence-electron chi connectivity index (χ3n) is 1.68. The number of hydrogen-bond donors (Lipinski definition) is 1. The minimum absolute atomic E-state index is 0.300. The molecule has 0 aliphatic rings. The first-order valence-electron chi connectivity index (χ1n) is 4.40. The first-order valence-corrected chi connectivity index (χ1v) is 5.38. The normalized spacial score (nSPS) is 10.9. The number of benzene rings is 1. The molecule has 0 radical (unpaired) electrons. The molecule has 0 aliphatic carbocycles. The summed E-state index contributed by atoms with van der Waals surface area (Å²) in [6.45, 7) is 0.208. The van der Waals surface area contributed by atoms with Gasteiger partial charge in [0.15, 0.2) is 0 Å². The molecule has 2 nitrogen and oxygen atoms in total. The highest BCUT2D eigenvalue weighted by molar-refractivity contribution is 7.99. The fourth-order valence-corrected chi connectivity index (χ4v) is 1.75. The molecule has 0 atom stereocenters. The van der Waals surface area contributed by atoms with E-state index in [2.05, 4.69) is 0 Å². The summed E-state index contributed by atoms with van der Waals surface area (Å²) in [6, 6.07) is 7.76. The minimum atomic E-state index is -0.300. The monoisotopic (exact) mass is 215 g/mol. The molecule has 0 saturated carbocycles. The van der Waals surface area contributed by atoms with Gasteiger partial charge in [-0.25, -0.2) is 0 Å². The van der Waals surface area contributed by atoms with Gasteiger partial charge in [-0.1, -0.05) is 12.1 Å². The Morgan fingerprint density at radius 3 is 2.50 bits per heavy atom. The number of hydroxylamine groups is 2. The highest BCUT2D eigenvalue weighted by atomic mass is 32.2. The second kappa shape index (κ2) is 6.01. The van der Waals surface area contributed by atoms with Crippen LogP contribution in [0, 0.1) is 0 Å². The summed E-state index contributed by atoms with van der Waals surface area (Å²) in [4.78, 5) is 1.06. The minimum Gasteiger partial charge on any atom is -0.314 e. The lowest BCUT2D eigenvalue weighted by molar-refractivity contribution is -0.0731. The lowest BCUT2D eigenvalue weighted by atomic mass is 10.2. The third-order valence-corrected chi connectivity index (χ3v) is 2.64. The smallest absolute Gasteiger partial charge is 0.0988 e. The van der Waals surface area contributed by atoms with Gasteiger partial charge in [-0.2, -0.15) is 5.06 Å². The van der Waals surface area contributed by atoms with Crippen LogP contribution in [0.2, 0.25) is 0 Å². The summed E-state index contributed by atoms with van der Waals surface area (Å²) >= 11 is 1.50. The highest BCUT2D eigenvalue weighted by Gasteiger charge is 1.97. The summed E-state index contributed by atoms with van der Waals surface area (Å²) in [7, 11) is 1.60. The van der Waals surface area contributed by atoms with Crippen molar-refractivity contribution < 1.29 is 9.60 Å². The van der Waals surface area contributed by atoms with E-state index in [9.17, 15) is 4.39 Å². The van der Waals surface area contributed by atoms with E-state index >= 15 is 0 Å². The molecule has 0 spiro atoms. The van der Waals surface area contributed by atoms with Gasteiger partial charge in [0.1, 0.15) is 0 Å². The van der Waals surface area contributed by atoms with Gasteiger partial charge in [-0.3, -0.25) is 4.39 Å². The van der Waals surface area contributed by atoms with Crippen LogP contribution in [0.3, 0.4) is 0 Å². The van der Waals surface area contributed by atoms with Crippen LogP contribution in [-0.2, 0) is 6.54 Å². The van der Waals surface area contributed by atoms with E-state index in [1.807, 2.05) is 24.3 Å². The molecule has 1 N–H and O–H groups in total. The predicted molar refractivity (Wildman–Crippen MR) is 56.4 cm³/mol. The third kappa shape index (κ3) is 4.09. The standard InChI is InChI=1S/C10H14FNOS/c1-12(13)8-9-2-4-10(5-3-9)14-7-6-11/h2-5,13H,6-8H2,1H3. The lowest BCUT2D eigenvalue weighted by Gasteiger charge is -2.08. The summed E-state index contributed by atoms with van der Waals surface area (Å²) in [5.74, 6) is 0.499. The summed E-state index contributed by atoms with van der Waals surface area (Å²) in [5.41, 5.74) is 1.04. The van der Waals surface area contributed by atoms with Gasteiger partial charge in [0.05, 0.1) is 6.67 Å². The first kappa shape index (κ1) is 11.5. The molecular formula is C10H14FNOS. The molecule has 0 aromatic heterocycles. The average Bonchev–Trinajstić information content (AvgIpc) is 2.16. The van der Waals surface area contributed by atoms with E-state index in [-0.39, 0.29) is 6.67 Å². The van der Waals surface area contributed by atoms with Gasteiger partial charge in [0.2, 0.25) is 0 Å². The number of hydrogen-bond acceptors (Lipinski definition) is 3. The predicted octanol–water partition coefficient (Wildman–Crippen LogP) is 2.57. The molecule has 0 heterocycles. The molecule has 0 unspecified atom stereocenters. The number of thioether (sulfide) groups is 1. The Morgan fingerprint density at radius 2 is 2.00 bits per heavy atom. The van der Waals surface area contributed by atoms with Gasteiger partial charge in [0.25, 0.3) is 0 Å². The van der Waals surface area contributed by atoms with Crippen molar-refractivity contribution in [2.75, 3.05) is 19.5 Å². The van der Waals surface area contributed by atoms with Crippen LogP contribution in [0.4, 0.5) is 4.39 Å². The van der Waals surface area contributed by atoms with E-state index in [0.717, 1.165) is 15.5 Å². The van der Waals surface area contributed by atoms with Crippen molar-refractivity contribution in [3.63, 3.8) is 0 Å². The van der Waals surface area contributed by atoms with Crippen molar-refractivity contribution in [1.82, 2.24) is 5.06 Å². The Kier molecular flexibility index (Phi) is 4.93. The van der Waals surface area contributed by atoms with Gasteiger partial charge >= 0.3 is 0 Å². The van der Waals surface area contributed by atoms with Gasteiger partial charge in [0, 0.05) is 24.2 Å². The summed E-state index contributed by atoms with van der Waals surface area (Å²) in [5, 5.41) is 10.1. The molecular weight excluding hydrogens is 201 g/mol. The molecule has 0 aliphatic heterocycles. The van der Waals surface area contributed by atoms with Gasteiger partial charge in [-0.05, 0) is 17.7 Å². The highest BCUT2D eigenvalue weighted by Crippen LogP contribution is 2.18. The Balaban J connectivity index is 2.50. The van der Waals surface area contributed by atoms with Crippen LogP contribution in [0.15, 0.2) is 29.2 Å². The Hall–Kier alpha value is -0.580. The largest absolute Gasteiger partial charge is 0.314 e. The van der Waals surface area contributed by atoms with Gasteiger partial charge < -0.3 is 5.21 Å². The second-order valence-corrected chi connectivity index (χ2v) is 4.17. The number of alkyl halides is 1. The van der Waals surface area contributed by atoms with Crippen molar-refractivity contribution in [1.29, 1.82) is 0 Å². The topological polar surface area (TPSA) is 23.5 Å². The van der Waals surface area contributed by atoms with Crippen molar-refractivity contribution >= 4 is 11.8 Å².